The molecule has 1 aromatic carbocycles. The monoisotopic (exact) mass is 431 g/mol. The summed E-state index contributed by atoms with van der Waals surface area (Å²) in [7, 11) is -3.90. The van der Waals surface area contributed by atoms with Gasteiger partial charge < -0.3 is 5.32 Å². The Morgan fingerprint density at radius 1 is 1.10 bits per heavy atom. The number of hydrogen-bond donors (Lipinski definition) is 1. The Labute approximate surface area is 173 Å². The van der Waals surface area contributed by atoms with Gasteiger partial charge in [-0.05, 0) is 37.1 Å². The van der Waals surface area contributed by atoms with Gasteiger partial charge in [-0.1, -0.05) is 18.2 Å². The van der Waals surface area contributed by atoms with Crippen molar-refractivity contribution in [2.24, 2.45) is 5.92 Å². The molecule has 1 aliphatic rings. The zero-order valence-corrected chi connectivity index (χ0v) is 17.1. The van der Waals surface area contributed by atoms with Gasteiger partial charge in [0.05, 0.1) is 0 Å². The number of sulfonamides is 1. The maximum Gasteiger partial charge on any atom is 0.245 e. The molecule has 0 radical (unpaired) electrons. The maximum atomic E-state index is 13.9. The summed E-state index contributed by atoms with van der Waals surface area (Å²) in [5, 5.41) is 11.1. The Bertz CT molecular complexity index is 1160. The van der Waals surface area contributed by atoms with Crippen LogP contribution in [0, 0.1) is 11.7 Å². The van der Waals surface area contributed by atoms with Gasteiger partial charge in [-0.2, -0.15) is 4.31 Å². The molecule has 1 saturated heterocycles. The highest BCUT2D eigenvalue weighted by Crippen LogP contribution is 2.25. The summed E-state index contributed by atoms with van der Waals surface area (Å²) in [6, 6.07) is 11.0. The standard InChI is InChI=1S/C20H22FN5O3S/c21-16-5-1-2-6-17(16)30(28,29)25-13-9-15(10-14-25)20(27)22-11-8-19-24-23-18-7-3-4-12-26(18)19/h1-7,12,15H,8-11,13-14H2,(H,22,27). The van der Waals surface area contributed by atoms with Gasteiger partial charge in [0.15, 0.2) is 5.65 Å². The van der Waals surface area contributed by atoms with Crippen LogP contribution < -0.4 is 5.32 Å². The number of fused-ring (bicyclic) bond motifs is 1. The SMILES string of the molecule is O=C(NCCc1nnc2ccccn12)C1CCN(S(=O)(=O)c2ccccc2F)CC1. The number of hydrogen-bond acceptors (Lipinski definition) is 5. The number of nitrogens with zero attached hydrogens (tertiary/aromatic N) is 4. The molecular formula is C20H22FN5O3S. The number of pyridine rings is 1. The van der Waals surface area contributed by atoms with E-state index in [-0.39, 0.29) is 29.8 Å². The molecule has 0 atom stereocenters. The van der Waals surface area contributed by atoms with Crippen molar-refractivity contribution in [1.29, 1.82) is 0 Å². The van der Waals surface area contributed by atoms with Gasteiger partial charge in [0, 0.05) is 38.2 Å². The Hall–Kier alpha value is -2.85. The van der Waals surface area contributed by atoms with Crippen LogP contribution in [-0.2, 0) is 21.2 Å². The second kappa shape index (κ2) is 8.49. The van der Waals surface area contributed by atoms with E-state index in [1.165, 1.54) is 22.5 Å². The first-order chi connectivity index (χ1) is 14.5. The van der Waals surface area contributed by atoms with Gasteiger partial charge in [0.1, 0.15) is 16.5 Å². The summed E-state index contributed by atoms with van der Waals surface area (Å²) in [6.45, 7) is 0.787. The lowest BCUT2D eigenvalue weighted by Crippen LogP contribution is -2.43. The largest absolute Gasteiger partial charge is 0.355 e. The third-order valence-corrected chi connectivity index (χ3v) is 7.24. The Balaban J connectivity index is 1.30. The van der Waals surface area contributed by atoms with Crippen LogP contribution in [0.25, 0.3) is 5.65 Å². The van der Waals surface area contributed by atoms with Crippen molar-refractivity contribution in [3.05, 3.63) is 60.3 Å². The lowest BCUT2D eigenvalue weighted by atomic mass is 9.97. The van der Waals surface area contributed by atoms with Crippen molar-refractivity contribution >= 4 is 21.6 Å². The van der Waals surface area contributed by atoms with E-state index in [2.05, 4.69) is 15.5 Å². The number of amides is 1. The molecule has 1 aliphatic heterocycles. The third-order valence-electron chi connectivity index (χ3n) is 5.31. The number of halogens is 1. The predicted octanol–water partition coefficient (Wildman–Crippen LogP) is 1.63. The van der Waals surface area contributed by atoms with Crippen molar-refractivity contribution < 1.29 is 17.6 Å². The smallest absolute Gasteiger partial charge is 0.245 e. The highest BCUT2D eigenvalue weighted by Gasteiger charge is 2.33. The zero-order valence-electron chi connectivity index (χ0n) is 16.2. The average Bonchev–Trinajstić information content (AvgIpc) is 3.17. The van der Waals surface area contributed by atoms with E-state index in [4.69, 9.17) is 0 Å². The molecule has 3 aromatic rings. The van der Waals surface area contributed by atoms with E-state index in [1.807, 2.05) is 28.8 Å². The van der Waals surface area contributed by atoms with Crippen LogP contribution in [0.2, 0.25) is 0 Å². The molecule has 8 nitrogen and oxygen atoms in total. The van der Waals surface area contributed by atoms with Crippen LogP contribution in [0.3, 0.4) is 0 Å². The molecule has 0 aliphatic carbocycles. The molecule has 0 spiro atoms. The Morgan fingerprint density at radius 3 is 2.60 bits per heavy atom. The molecule has 4 rings (SSSR count). The second-order valence-electron chi connectivity index (χ2n) is 7.19. The number of rotatable bonds is 6. The van der Waals surface area contributed by atoms with E-state index >= 15 is 0 Å². The number of benzene rings is 1. The van der Waals surface area contributed by atoms with E-state index in [0.717, 1.165) is 17.5 Å². The Morgan fingerprint density at radius 2 is 1.83 bits per heavy atom. The van der Waals surface area contributed by atoms with Crippen molar-refractivity contribution in [3.8, 4) is 0 Å². The minimum atomic E-state index is -3.90. The van der Waals surface area contributed by atoms with Crippen molar-refractivity contribution in [2.75, 3.05) is 19.6 Å². The number of piperidine rings is 1. The fraction of sp³-hybridized carbons (Fsp3) is 0.350. The topological polar surface area (TPSA) is 96.7 Å². The highest BCUT2D eigenvalue weighted by atomic mass is 32.2. The highest BCUT2D eigenvalue weighted by molar-refractivity contribution is 7.89. The van der Waals surface area contributed by atoms with Crippen LogP contribution >= 0.6 is 0 Å². The minimum absolute atomic E-state index is 0.105. The number of nitrogens with one attached hydrogen (secondary N) is 1. The number of aromatic nitrogens is 3. The summed E-state index contributed by atoms with van der Waals surface area (Å²) >= 11 is 0. The summed E-state index contributed by atoms with van der Waals surface area (Å²) < 4.78 is 42.4. The average molecular weight is 431 g/mol. The normalized spacial score (nSPS) is 16.0. The molecule has 0 bridgehead atoms. The lowest BCUT2D eigenvalue weighted by molar-refractivity contribution is -0.126. The van der Waals surface area contributed by atoms with Gasteiger partial charge in [-0.3, -0.25) is 9.20 Å². The molecule has 1 fully saturated rings. The summed E-state index contributed by atoms with van der Waals surface area (Å²) in [6.07, 6.45) is 3.20. The van der Waals surface area contributed by atoms with E-state index in [9.17, 15) is 17.6 Å². The van der Waals surface area contributed by atoms with Gasteiger partial charge in [-0.25, -0.2) is 12.8 Å². The van der Waals surface area contributed by atoms with E-state index < -0.39 is 15.8 Å². The zero-order chi connectivity index (χ0) is 21.1. The Kier molecular flexibility index (Phi) is 5.78. The van der Waals surface area contributed by atoms with Crippen LogP contribution in [0.1, 0.15) is 18.7 Å². The van der Waals surface area contributed by atoms with Crippen LogP contribution in [-0.4, -0.2) is 52.9 Å². The fourth-order valence-electron chi connectivity index (χ4n) is 3.65. The predicted molar refractivity (Wildman–Crippen MR) is 108 cm³/mol. The van der Waals surface area contributed by atoms with Crippen LogP contribution in [0.5, 0.6) is 0 Å². The van der Waals surface area contributed by atoms with Gasteiger partial charge in [-0.15, -0.1) is 10.2 Å². The molecule has 1 amide bonds. The molecule has 3 heterocycles. The molecule has 0 saturated carbocycles. The fourth-order valence-corrected chi connectivity index (χ4v) is 5.19. The van der Waals surface area contributed by atoms with Crippen molar-refractivity contribution in [1.82, 2.24) is 24.2 Å². The minimum Gasteiger partial charge on any atom is -0.355 e. The quantitative estimate of drug-likeness (QED) is 0.640. The summed E-state index contributed by atoms with van der Waals surface area (Å²) in [4.78, 5) is 12.2. The molecule has 2 aromatic heterocycles. The molecule has 158 valence electrons. The summed E-state index contributed by atoms with van der Waals surface area (Å²) in [5.41, 5.74) is 0.752. The number of carbonyl (C=O) groups is 1. The van der Waals surface area contributed by atoms with Gasteiger partial charge in [0.25, 0.3) is 0 Å². The number of carbonyl (C=O) groups excluding carboxylic acids is 1. The first-order valence-electron chi connectivity index (χ1n) is 9.78. The van der Waals surface area contributed by atoms with Crippen LogP contribution in [0.4, 0.5) is 4.39 Å². The third kappa shape index (κ3) is 4.05. The van der Waals surface area contributed by atoms with Gasteiger partial charge in [0.2, 0.25) is 15.9 Å². The first kappa shape index (κ1) is 20.4. The molecule has 30 heavy (non-hydrogen) atoms. The van der Waals surface area contributed by atoms with Crippen LogP contribution in [0.15, 0.2) is 53.6 Å². The molecule has 0 unspecified atom stereocenters. The summed E-state index contributed by atoms with van der Waals surface area (Å²) in [5.74, 6) is -0.381. The van der Waals surface area contributed by atoms with Crippen molar-refractivity contribution in [2.45, 2.75) is 24.2 Å². The molecule has 10 heteroatoms. The van der Waals surface area contributed by atoms with Gasteiger partial charge >= 0.3 is 0 Å². The molecule has 1 N–H and O–H groups in total. The first-order valence-corrected chi connectivity index (χ1v) is 11.2. The second-order valence-corrected chi connectivity index (χ2v) is 9.10. The van der Waals surface area contributed by atoms with E-state index in [0.29, 0.717) is 25.8 Å². The lowest BCUT2D eigenvalue weighted by Gasteiger charge is -2.30. The van der Waals surface area contributed by atoms with E-state index in [1.54, 1.807) is 0 Å². The molecular weight excluding hydrogens is 409 g/mol. The maximum absolute atomic E-state index is 13.9. The van der Waals surface area contributed by atoms with Crippen molar-refractivity contribution in [3.63, 3.8) is 0 Å².